The number of alkyl halides is 3. The molecule has 0 saturated heterocycles. The number of nitrogens with zero attached hydrogens (tertiary/aromatic N) is 3. The molecule has 2 amide bonds. The molecule has 26 heavy (non-hydrogen) atoms. The zero-order valence-electron chi connectivity index (χ0n) is 13.6. The molecule has 3 rings (SSSR count). The second kappa shape index (κ2) is 6.88. The molecule has 11 heteroatoms. The van der Waals surface area contributed by atoms with Crippen LogP contribution in [-0.4, -0.2) is 33.8 Å². The Morgan fingerprint density at radius 1 is 1.38 bits per heavy atom. The summed E-state index contributed by atoms with van der Waals surface area (Å²) in [6.07, 6.45) is -4.54. The minimum absolute atomic E-state index is 0.0339. The van der Waals surface area contributed by atoms with Crippen molar-refractivity contribution in [2.24, 2.45) is 0 Å². The van der Waals surface area contributed by atoms with Crippen LogP contribution < -0.4 is 10.2 Å². The fourth-order valence-electron chi connectivity index (χ4n) is 2.41. The van der Waals surface area contributed by atoms with Crippen LogP contribution in [0.5, 0.6) is 0 Å². The number of amides is 2. The molecule has 0 bridgehead atoms. The van der Waals surface area contributed by atoms with E-state index in [1.54, 1.807) is 13.8 Å². The van der Waals surface area contributed by atoms with Crippen molar-refractivity contribution in [1.29, 1.82) is 0 Å². The normalized spacial score (nSPS) is 15.4. The van der Waals surface area contributed by atoms with Crippen molar-refractivity contribution in [3.05, 3.63) is 28.8 Å². The largest absolute Gasteiger partial charge is 0.416 e. The first-order valence-corrected chi connectivity index (χ1v) is 9.14. The fourth-order valence-corrected chi connectivity index (χ4v) is 4.43. The van der Waals surface area contributed by atoms with Gasteiger partial charge in [0.15, 0.2) is 4.34 Å². The van der Waals surface area contributed by atoms with E-state index < -0.39 is 28.8 Å². The SMILES string of the molecule is Cc1nnc(S[C@@H](C)C(=O)N2CC(=O)Nc3cc(C(F)(F)F)ccc32)s1. The van der Waals surface area contributed by atoms with Crippen LogP contribution in [0.25, 0.3) is 0 Å². The quantitative estimate of drug-likeness (QED) is 0.797. The van der Waals surface area contributed by atoms with Gasteiger partial charge >= 0.3 is 6.18 Å². The Morgan fingerprint density at radius 2 is 2.12 bits per heavy atom. The Balaban J connectivity index is 1.86. The van der Waals surface area contributed by atoms with E-state index in [9.17, 15) is 22.8 Å². The number of nitrogens with one attached hydrogen (secondary N) is 1. The highest BCUT2D eigenvalue weighted by Crippen LogP contribution is 2.38. The van der Waals surface area contributed by atoms with Gasteiger partial charge < -0.3 is 5.32 Å². The number of halogens is 3. The first-order valence-electron chi connectivity index (χ1n) is 7.44. The van der Waals surface area contributed by atoms with Gasteiger partial charge in [0, 0.05) is 0 Å². The average Bonchev–Trinajstić information content (AvgIpc) is 2.96. The molecule has 0 saturated carbocycles. The molecule has 1 atom stereocenters. The lowest BCUT2D eigenvalue weighted by molar-refractivity contribution is -0.137. The Kier molecular flexibility index (Phi) is 4.93. The number of carbonyl (C=O) groups is 2. The van der Waals surface area contributed by atoms with Crippen LogP contribution in [0.3, 0.4) is 0 Å². The maximum atomic E-state index is 12.9. The number of rotatable bonds is 3. The number of fused-ring (bicyclic) bond motifs is 1. The van der Waals surface area contributed by atoms with Crippen molar-refractivity contribution < 1.29 is 22.8 Å². The monoisotopic (exact) mass is 402 g/mol. The lowest BCUT2D eigenvalue weighted by atomic mass is 10.1. The van der Waals surface area contributed by atoms with Crippen molar-refractivity contribution >= 4 is 46.3 Å². The van der Waals surface area contributed by atoms with Gasteiger partial charge in [-0.2, -0.15) is 13.2 Å². The van der Waals surface area contributed by atoms with Crippen LogP contribution in [0.2, 0.25) is 0 Å². The van der Waals surface area contributed by atoms with Gasteiger partial charge in [-0.25, -0.2) is 0 Å². The standard InChI is InChI=1S/C15H13F3N4O2S2/c1-7(25-14-21-20-8(2)26-14)13(24)22-6-12(23)19-10-5-9(15(16,17)18)3-4-11(10)22/h3-5,7H,6H2,1-2H3,(H,19,23)/t7-/m0/s1. The van der Waals surface area contributed by atoms with Crippen molar-refractivity contribution in [2.75, 3.05) is 16.8 Å². The molecule has 0 unspecified atom stereocenters. The van der Waals surface area contributed by atoms with Gasteiger partial charge in [-0.05, 0) is 32.0 Å². The van der Waals surface area contributed by atoms with Crippen LogP contribution >= 0.6 is 23.1 Å². The van der Waals surface area contributed by atoms with E-state index in [1.165, 1.54) is 34.1 Å². The van der Waals surface area contributed by atoms with Gasteiger partial charge in [0.2, 0.25) is 11.8 Å². The van der Waals surface area contributed by atoms with Gasteiger partial charge in [-0.1, -0.05) is 23.1 Å². The number of hydrogen-bond acceptors (Lipinski definition) is 6. The van der Waals surface area contributed by atoms with Crippen molar-refractivity contribution in [3.8, 4) is 0 Å². The topological polar surface area (TPSA) is 75.2 Å². The van der Waals surface area contributed by atoms with E-state index >= 15 is 0 Å². The maximum Gasteiger partial charge on any atom is 0.416 e. The van der Waals surface area contributed by atoms with Crippen LogP contribution in [-0.2, 0) is 15.8 Å². The van der Waals surface area contributed by atoms with Gasteiger partial charge in [-0.15, -0.1) is 10.2 Å². The lowest BCUT2D eigenvalue weighted by Gasteiger charge is -2.31. The minimum atomic E-state index is -4.54. The number of hydrogen-bond donors (Lipinski definition) is 1. The predicted octanol–water partition coefficient (Wildman–Crippen LogP) is 3.33. The summed E-state index contributed by atoms with van der Waals surface area (Å²) in [5, 5.41) is 10.4. The summed E-state index contributed by atoms with van der Waals surface area (Å²) < 4.78 is 39.2. The van der Waals surface area contributed by atoms with Crippen LogP contribution in [0.4, 0.5) is 24.5 Å². The molecule has 1 aliphatic heterocycles. The number of anilines is 2. The first-order chi connectivity index (χ1) is 12.1. The summed E-state index contributed by atoms with van der Waals surface area (Å²) in [6.45, 7) is 3.19. The van der Waals surface area contributed by atoms with Crippen molar-refractivity contribution in [2.45, 2.75) is 29.6 Å². The van der Waals surface area contributed by atoms with Gasteiger partial charge in [-0.3, -0.25) is 14.5 Å². The Bertz CT molecular complexity index is 869. The Hall–Kier alpha value is -2.14. The molecular formula is C15H13F3N4O2S2. The smallest absolute Gasteiger partial charge is 0.323 e. The van der Waals surface area contributed by atoms with Crippen LogP contribution in [0, 0.1) is 6.92 Å². The van der Waals surface area contributed by atoms with Crippen LogP contribution in [0.1, 0.15) is 17.5 Å². The minimum Gasteiger partial charge on any atom is -0.323 e. The molecule has 1 aliphatic rings. The highest BCUT2D eigenvalue weighted by atomic mass is 32.2. The molecule has 2 heterocycles. The lowest BCUT2D eigenvalue weighted by Crippen LogP contribution is -2.45. The molecule has 1 N–H and O–H groups in total. The van der Waals surface area contributed by atoms with Crippen molar-refractivity contribution in [3.63, 3.8) is 0 Å². The van der Waals surface area contributed by atoms with Crippen LogP contribution in [0.15, 0.2) is 22.5 Å². The number of carbonyl (C=O) groups excluding carboxylic acids is 2. The van der Waals surface area contributed by atoms with Gasteiger partial charge in [0.05, 0.1) is 22.2 Å². The second-order valence-corrected chi connectivity index (χ2v) is 8.32. The zero-order valence-corrected chi connectivity index (χ0v) is 15.3. The van der Waals surface area contributed by atoms with E-state index in [1.807, 2.05) is 0 Å². The summed E-state index contributed by atoms with van der Waals surface area (Å²) in [5.41, 5.74) is -0.686. The fraction of sp³-hybridized carbons (Fsp3) is 0.333. The zero-order chi connectivity index (χ0) is 19.1. The Labute approximate surface area is 154 Å². The number of aromatic nitrogens is 2. The molecule has 0 spiro atoms. The predicted molar refractivity (Wildman–Crippen MR) is 92.4 cm³/mol. The third-order valence-corrected chi connectivity index (χ3v) is 5.60. The molecule has 0 radical (unpaired) electrons. The highest BCUT2D eigenvalue weighted by Gasteiger charge is 2.35. The molecule has 0 fully saturated rings. The van der Waals surface area contributed by atoms with Gasteiger partial charge in [0.1, 0.15) is 11.6 Å². The summed E-state index contributed by atoms with van der Waals surface area (Å²) in [4.78, 5) is 25.8. The molecule has 6 nitrogen and oxygen atoms in total. The second-order valence-electron chi connectivity index (χ2n) is 5.55. The molecule has 2 aromatic rings. The third kappa shape index (κ3) is 3.83. The third-order valence-electron chi connectivity index (χ3n) is 3.59. The molecular weight excluding hydrogens is 389 g/mol. The van der Waals surface area contributed by atoms with E-state index in [0.29, 0.717) is 4.34 Å². The average molecular weight is 402 g/mol. The number of thioether (sulfide) groups is 1. The molecule has 1 aromatic heterocycles. The van der Waals surface area contributed by atoms with E-state index in [0.717, 1.165) is 17.1 Å². The van der Waals surface area contributed by atoms with E-state index in [4.69, 9.17) is 0 Å². The highest BCUT2D eigenvalue weighted by molar-refractivity contribution is 8.02. The van der Waals surface area contributed by atoms with Gasteiger partial charge in [0.25, 0.3) is 0 Å². The molecule has 138 valence electrons. The number of aryl methyl sites for hydroxylation is 1. The summed E-state index contributed by atoms with van der Waals surface area (Å²) in [6, 6.07) is 2.92. The maximum absolute atomic E-state index is 12.9. The van der Waals surface area contributed by atoms with Crippen molar-refractivity contribution in [1.82, 2.24) is 10.2 Å². The molecule has 0 aliphatic carbocycles. The first kappa shape index (κ1) is 18.6. The number of benzene rings is 1. The van der Waals surface area contributed by atoms with E-state index in [-0.39, 0.29) is 17.9 Å². The Morgan fingerprint density at radius 3 is 2.73 bits per heavy atom. The summed E-state index contributed by atoms with van der Waals surface area (Å²) in [7, 11) is 0. The van der Waals surface area contributed by atoms with E-state index in [2.05, 4.69) is 15.5 Å². The summed E-state index contributed by atoms with van der Waals surface area (Å²) in [5.74, 6) is -0.937. The summed E-state index contributed by atoms with van der Waals surface area (Å²) >= 11 is 2.53. The molecule has 1 aromatic carbocycles.